The molecular weight excluding hydrogens is 358 g/mol. The summed E-state index contributed by atoms with van der Waals surface area (Å²) < 4.78 is 129. The third kappa shape index (κ3) is 2.78. The SMILES string of the molecule is FC(F)(F)C(F)(F)c1cc2ccccc2cc1C(F)(F)C(F)(F)F. The van der Waals surface area contributed by atoms with Crippen molar-refractivity contribution in [3.63, 3.8) is 0 Å². The lowest BCUT2D eigenvalue weighted by Gasteiger charge is -2.27. The minimum atomic E-state index is -6.34. The first-order valence-electron chi connectivity index (χ1n) is 6.12. The molecule has 0 bridgehead atoms. The van der Waals surface area contributed by atoms with Crippen LogP contribution in [0.3, 0.4) is 0 Å². The van der Waals surface area contributed by atoms with Gasteiger partial charge in [0.25, 0.3) is 0 Å². The maximum atomic E-state index is 13.5. The van der Waals surface area contributed by atoms with Gasteiger partial charge in [0.2, 0.25) is 0 Å². The molecule has 0 unspecified atom stereocenters. The van der Waals surface area contributed by atoms with Gasteiger partial charge in [-0.3, -0.25) is 0 Å². The van der Waals surface area contributed by atoms with Crippen molar-refractivity contribution in [1.29, 1.82) is 0 Å². The average Bonchev–Trinajstić information content (AvgIpc) is 2.43. The summed E-state index contributed by atoms with van der Waals surface area (Å²) in [5.74, 6) is -11.8. The lowest BCUT2D eigenvalue weighted by Crippen LogP contribution is -2.40. The molecule has 0 fully saturated rings. The van der Waals surface area contributed by atoms with Gasteiger partial charge in [-0.1, -0.05) is 24.3 Å². The van der Waals surface area contributed by atoms with Crippen LogP contribution in [0.2, 0.25) is 0 Å². The molecular formula is C14H6F10. The summed E-state index contributed by atoms with van der Waals surface area (Å²) >= 11 is 0. The highest BCUT2D eigenvalue weighted by Crippen LogP contribution is 2.52. The fourth-order valence-electron chi connectivity index (χ4n) is 2.07. The smallest absolute Gasteiger partial charge is 0.191 e. The molecule has 2 aromatic carbocycles. The van der Waals surface area contributed by atoms with E-state index in [0.29, 0.717) is 0 Å². The normalized spacial score (nSPS) is 14.2. The second-order valence-electron chi connectivity index (χ2n) is 4.89. The molecule has 0 amide bonds. The molecule has 0 aliphatic carbocycles. The molecule has 0 N–H and O–H groups in total. The summed E-state index contributed by atoms with van der Waals surface area (Å²) in [4.78, 5) is 0. The highest BCUT2D eigenvalue weighted by molar-refractivity contribution is 5.84. The lowest BCUT2D eigenvalue weighted by molar-refractivity contribution is -0.301. The second-order valence-corrected chi connectivity index (χ2v) is 4.89. The van der Waals surface area contributed by atoms with Gasteiger partial charge in [0.15, 0.2) is 0 Å². The van der Waals surface area contributed by atoms with Gasteiger partial charge in [-0.15, -0.1) is 0 Å². The molecule has 0 spiro atoms. The lowest BCUT2D eigenvalue weighted by atomic mass is 9.92. The number of rotatable bonds is 2. The summed E-state index contributed by atoms with van der Waals surface area (Å²) in [5, 5.41) is -0.670. The maximum Gasteiger partial charge on any atom is 0.458 e. The summed E-state index contributed by atoms with van der Waals surface area (Å²) in [6.45, 7) is 0. The maximum absolute atomic E-state index is 13.5. The molecule has 24 heavy (non-hydrogen) atoms. The van der Waals surface area contributed by atoms with Crippen LogP contribution in [0.1, 0.15) is 11.1 Å². The number of halogens is 10. The number of hydrogen-bond donors (Lipinski definition) is 0. The third-order valence-electron chi connectivity index (χ3n) is 3.27. The fourth-order valence-corrected chi connectivity index (χ4v) is 2.07. The molecule has 0 nitrogen and oxygen atoms in total. The minimum absolute atomic E-state index is 0.00218. The minimum Gasteiger partial charge on any atom is -0.191 e. The van der Waals surface area contributed by atoms with Crippen molar-refractivity contribution in [2.75, 3.05) is 0 Å². The van der Waals surface area contributed by atoms with Crippen LogP contribution in [0.15, 0.2) is 36.4 Å². The Morgan fingerprint density at radius 2 is 0.792 bits per heavy atom. The van der Waals surface area contributed by atoms with Crippen LogP contribution in [-0.4, -0.2) is 12.4 Å². The monoisotopic (exact) mass is 364 g/mol. The molecule has 0 radical (unpaired) electrons. The Bertz CT molecular complexity index is 690. The van der Waals surface area contributed by atoms with E-state index in [4.69, 9.17) is 0 Å². The van der Waals surface area contributed by atoms with Gasteiger partial charge in [-0.2, -0.15) is 43.9 Å². The molecule has 2 aromatic rings. The number of hydrogen-bond acceptors (Lipinski definition) is 0. The van der Waals surface area contributed by atoms with Gasteiger partial charge < -0.3 is 0 Å². The van der Waals surface area contributed by atoms with Crippen LogP contribution in [0, 0.1) is 0 Å². The Hall–Kier alpha value is -2.00. The number of benzene rings is 2. The third-order valence-corrected chi connectivity index (χ3v) is 3.27. The molecule has 0 aliphatic rings. The summed E-state index contributed by atoms with van der Waals surface area (Å²) in [7, 11) is 0. The molecule has 10 heteroatoms. The summed E-state index contributed by atoms with van der Waals surface area (Å²) in [6, 6.07) is 4.44. The zero-order valence-electron chi connectivity index (χ0n) is 11.2. The first-order valence-corrected chi connectivity index (χ1v) is 6.12. The van der Waals surface area contributed by atoms with Crippen LogP contribution in [0.4, 0.5) is 43.9 Å². The van der Waals surface area contributed by atoms with E-state index in [1.807, 2.05) is 0 Å². The molecule has 0 aliphatic heterocycles. The average molecular weight is 364 g/mol. The molecule has 0 saturated carbocycles. The number of alkyl halides is 10. The topological polar surface area (TPSA) is 0 Å². The fraction of sp³-hybridized carbons (Fsp3) is 0.286. The van der Waals surface area contributed by atoms with E-state index in [9.17, 15) is 43.9 Å². The van der Waals surface area contributed by atoms with Crippen LogP contribution in [0.5, 0.6) is 0 Å². The predicted octanol–water partition coefficient (Wildman–Crippen LogP) is 6.15. The van der Waals surface area contributed by atoms with Gasteiger partial charge in [-0.05, 0) is 22.9 Å². The van der Waals surface area contributed by atoms with E-state index in [2.05, 4.69) is 0 Å². The van der Waals surface area contributed by atoms with E-state index in [1.54, 1.807) is 0 Å². The Morgan fingerprint density at radius 1 is 0.500 bits per heavy atom. The van der Waals surface area contributed by atoms with E-state index in [-0.39, 0.29) is 22.9 Å². The summed E-state index contributed by atoms with van der Waals surface area (Å²) in [6.07, 6.45) is -12.7. The Morgan fingerprint density at radius 3 is 1.04 bits per heavy atom. The standard InChI is InChI=1S/C14H6F10/c15-11(16,13(19,20)21)9-5-7-3-1-2-4-8(7)6-10(9)12(17,18)14(22,23)24/h1-6H. The zero-order chi connectivity index (χ0) is 18.6. The predicted molar refractivity (Wildman–Crippen MR) is 63.8 cm³/mol. The van der Waals surface area contributed by atoms with Crippen molar-refractivity contribution in [2.45, 2.75) is 24.2 Å². The Labute approximate surface area is 127 Å². The molecule has 132 valence electrons. The summed E-state index contributed by atoms with van der Waals surface area (Å²) in [5.41, 5.74) is -4.87. The van der Waals surface area contributed by atoms with E-state index < -0.39 is 35.3 Å². The van der Waals surface area contributed by atoms with Gasteiger partial charge in [0.1, 0.15) is 0 Å². The van der Waals surface area contributed by atoms with Crippen LogP contribution in [0.25, 0.3) is 10.8 Å². The molecule has 0 aromatic heterocycles. The Kier molecular flexibility index (Phi) is 4.01. The first-order chi connectivity index (χ1) is 10.7. The molecule has 0 saturated heterocycles. The quantitative estimate of drug-likeness (QED) is 0.561. The van der Waals surface area contributed by atoms with Crippen molar-refractivity contribution in [3.05, 3.63) is 47.5 Å². The van der Waals surface area contributed by atoms with Gasteiger partial charge in [0.05, 0.1) is 0 Å². The van der Waals surface area contributed by atoms with Crippen LogP contribution >= 0.6 is 0 Å². The van der Waals surface area contributed by atoms with Crippen molar-refractivity contribution >= 4 is 10.8 Å². The van der Waals surface area contributed by atoms with Gasteiger partial charge >= 0.3 is 24.2 Å². The second kappa shape index (κ2) is 5.25. The Balaban J connectivity index is 2.89. The molecule has 2 rings (SSSR count). The molecule has 0 atom stereocenters. The highest BCUT2D eigenvalue weighted by atomic mass is 19.4. The van der Waals surface area contributed by atoms with E-state index in [1.165, 1.54) is 12.1 Å². The van der Waals surface area contributed by atoms with Crippen molar-refractivity contribution < 1.29 is 43.9 Å². The van der Waals surface area contributed by atoms with Gasteiger partial charge in [-0.25, -0.2) is 0 Å². The van der Waals surface area contributed by atoms with Crippen molar-refractivity contribution in [2.24, 2.45) is 0 Å². The number of fused-ring (bicyclic) bond motifs is 1. The van der Waals surface area contributed by atoms with E-state index in [0.717, 1.165) is 12.1 Å². The van der Waals surface area contributed by atoms with Gasteiger partial charge in [0, 0.05) is 11.1 Å². The van der Waals surface area contributed by atoms with Crippen LogP contribution < -0.4 is 0 Å². The van der Waals surface area contributed by atoms with Crippen molar-refractivity contribution in [1.82, 2.24) is 0 Å². The van der Waals surface area contributed by atoms with Crippen LogP contribution in [-0.2, 0) is 11.8 Å². The zero-order valence-corrected chi connectivity index (χ0v) is 11.2. The first kappa shape index (κ1) is 18.3. The van der Waals surface area contributed by atoms with Crippen molar-refractivity contribution in [3.8, 4) is 0 Å². The van der Waals surface area contributed by atoms with E-state index >= 15 is 0 Å². The largest absolute Gasteiger partial charge is 0.458 e. The molecule has 0 heterocycles. The highest BCUT2D eigenvalue weighted by Gasteiger charge is 2.65.